The van der Waals surface area contributed by atoms with E-state index in [0.717, 1.165) is 31.1 Å². The maximum atomic E-state index is 12.2. The van der Waals surface area contributed by atoms with Gasteiger partial charge in [0.15, 0.2) is 5.13 Å². The van der Waals surface area contributed by atoms with Crippen molar-refractivity contribution < 1.29 is 4.79 Å². The van der Waals surface area contributed by atoms with Gasteiger partial charge >= 0.3 is 0 Å². The Hall–Kier alpha value is -1.89. The van der Waals surface area contributed by atoms with E-state index in [-0.39, 0.29) is 11.9 Å². The standard InChI is InChI=1S/C14H19N5OS/c1-10-6-15-14(21-10)19-5-3-4-12(9-19)17-13(20)11-7-16-18(2)8-11/h6-8,12H,3-5,9H2,1-2H3,(H,17,20). The van der Waals surface area contributed by atoms with E-state index in [1.165, 1.54) is 4.88 Å². The molecule has 1 saturated heterocycles. The number of carbonyl (C=O) groups is 1. The Morgan fingerprint density at radius 1 is 1.48 bits per heavy atom. The van der Waals surface area contributed by atoms with Crippen LogP contribution in [-0.2, 0) is 7.05 Å². The molecule has 7 heteroatoms. The lowest BCUT2D eigenvalue weighted by molar-refractivity contribution is 0.0933. The maximum absolute atomic E-state index is 12.2. The molecule has 1 N–H and O–H groups in total. The molecule has 6 nitrogen and oxygen atoms in total. The number of rotatable bonds is 3. The van der Waals surface area contributed by atoms with E-state index in [1.54, 1.807) is 28.4 Å². The van der Waals surface area contributed by atoms with Gasteiger partial charge in [-0.1, -0.05) is 0 Å². The van der Waals surface area contributed by atoms with Crippen molar-refractivity contribution in [2.45, 2.75) is 25.8 Å². The van der Waals surface area contributed by atoms with Gasteiger partial charge in [0, 0.05) is 43.4 Å². The number of aryl methyl sites for hydroxylation is 2. The molecular formula is C14H19N5OS. The van der Waals surface area contributed by atoms with Crippen LogP contribution in [0.2, 0.25) is 0 Å². The van der Waals surface area contributed by atoms with Crippen LogP contribution in [-0.4, -0.2) is 39.8 Å². The van der Waals surface area contributed by atoms with Gasteiger partial charge in [-0.15, -0.1) is 11.3 Å². The summed E-state index contributed by atoms with van der Waals surface area (Å²) in [5, 5.41) is 8.18. The summed E-state index contributed by atoms with van der Waals surface area (Å²) in [6, 6.07) is 0.163. The lowest BCUT2D eigenvalue weighted by atomic mass is 10.1. The van der Waals surface area contributed by atoms with Crippen molar-refractivity contribution in [1.82, 2.24) is 20.1 Å². The fourth-order valence-electron chi connectivity index (χ4n) is 2.56. The fourth-order valence-corrected chi connectivity index (χ4v) is 3.36. The zero-order valence-electron chi connectivity index (χ0n) is 12.2. The van der Waals surface area contributed by atoms with Gasteiger partial charge < -0.3 is 10.2 Å². The minimum absolute atomic E-state index is 0.0507. The van der Waals surface area contributed by atoms with E-state index >= 15 is 0 Å². The number of hydrogen-bond acceptors (Lipinski definition) is 5. The molecule has 3 heterocycles. The minimum Gasteiger partial charge on any atom is -0.347 e. The molecule has 21 heavy (non-hydrogen) atoms. The summed E-state index contributed by atoms with van der Waals surface area (Å²) in [5.41, 5.74) is 0.611. The third-order valence-electron chi connectivity index (χ3n) is 3.60. The SMILES string of the molecule is Cc1cnc(N2CCCC(NC(=O)c3cnn(C)c3)C2)s1. The smallest absolute Gasteiger partial charge is 0.254 e. The van der Waals surface area contributed by atoms with Crippen LogP contribution < -0.4 is 10.2 Å². The van der Waals surface area contributed by atoms with Gasteiger partial charge in [-0.05, 0) is 19.8 Å². The molecule has 1 aliphatic heterocycles. The molecule has 1 aliphatic rings. The number of piperidine rings is 1. The second-order valence-electron chi connectivity index (χ2n) is 5.41. The summed E-state index contributed by atoms with van der Waals surface area (Å²) in [4.78, 5) is 20.1. The summed E-state index contributed by atoms with van der Waals surface area (Å²) < 4.78 is 1.64. The molecule has 1 amide bonds. The van der Waals surface area contributed by atoms with Crippen molar-refractivity contribution in [3.05, 3.63) is 29.0 Å². The molecule has 1 atom stereocenters. The lowest BCUT2D eigenvalue weighted by Gasteiger charge is -2.32. The highest BCUT2D eigenvalue weighted by molar-refractivity contribution is 7.15. The Kier molecular flexibility index (Phi) is 3.92. The van der Waals surface area contributed by atoms with E-state index in [0.29, 0.717) is 5.56 Å². The second kappa shape index (κ2) is 5.85. The average Bonchev–Trinajstić information content (AvgIpc) is 3.08. The van der Waals surface area contributed by atoms with Crippen molar-refractivity contribution in [3.63, 3.8) is 0 Å². The maximum Gasteiger partial charge on any atom is 0.254 e. The number of anilines is 1. The molecule has 1 unspecified atom stereocenters. The van der Waals surface area contributed by atoms with Crippen LogP contribution in [0.25, 0.3) is 0 Å². The van der Waals surface area contributed by atoms with Gasteiger partial charge in [-0.25, -0.2) is 4.98 Å². The predicted octanol–water partition coefficient (Wildman–Crippen LogP) is 1.58. The van der Waals surface area contributed by atoms with Crippen LogP contribution in [0.3, 0.4) is 0 Å². The third kappa shape index (κ3) is 3.24. The van der Waals surface area contributed by atoms with E-state index in [4.69, 9.17) is 0 Å². The van der Waals surface area contributed by atoms with Gasteiger partial charge in [0.2, 0.25) is 0 Å². The zero-order valence-corrected chi connectivity index (χ0v) is 13.1. The Balaban J connectivity index is 1.62. The van der Waals surface area contributed by atoms with Crippen LogP contribution in [0, 0.1) is 6.92 Å². The highest BCUT2D eigenvalue weighted by atomic mass is 32.1. The van der Waals surface area contributed by atoms with Crippen LogP contribution in [0.15, 0.2) is 18.6 Å². The highest BCUT2D eigenvalue weighted by Crippen LogP contribution is 2.24. The normalized spacial score (nSPS) is 18.8. The van der Waals surface area contributed by atoms with Crippen molar-refractivity contribution in [2.75, 3.05) is 18.0 Å². The van der Waals surface area contributed by atoms with Crippen molar-refractivity contribution >= 4 is 22.4 Å². The Morgan fingerprint density at radius 3 is 3.00 bits per heavy atom. The van der Waals surface area contributed by atoms with Crippen LogP contribution in [0.5, 0.6) is 0 Å². The van der Waals surface area contributed by atoms with Gasteiger partial charge in [0.25, 0.3) is 5.91 Å². The number of aromatic nitrogens is 3. The molecule has 2 aromatic heterocycles. The Bertz CT molecular complexity index is 635. The topological polar surface area (TPSA) is 63.1 Å². The molecule has 0 saturated carbocycles. The Morgan fingerprint density at radius 2 is 2.33 bits per heavy atom. The van der Waals surface area contributed by atoms with E-state index < -0.39 is 0 Å². The molecule has 2 aromatic rings. The third-order valence-corrected chi connectivity index (χ3v) is 4.58. The number of nitrogens with zero attached hydrogens (tertiary/aromatic N) is 4. The first kappa shape index (κ1) is 14.1. The molecule has 0 aromatic carbocycles. The summed E-state index contributed by atoms with van der Waals surface area (Å²) in [5.74, 6) is -0.0507. The fraction of sp³-hybridized carbons (Fsp3) is 0.500. The van der Waals surface area contributed by atoms with Crippen LogP contribution in [0.1, 0.15) is 28.1 Å². The zero-order chi connectivity index (χ0) is 14.8. The minimum atomic E-state index is -0.0507. The quantitative estimate of drug-likeness (QED) is 0.935. The van der Waals surface area contributed by atoms with Gasteiger partial charge in [-0.2, -0.15) is 5.10 Å². The summed E-state index contributed by atoms with van der Waals surface area (Å²) in [7, 11) is 1.81. The van der Waals surface area contributed by atoms with Crippen molar-refractivity contribution in [2.24, 2.45) is 7.05 Å². The molecule has 0 aliphatic carbocycles. The average molecular weight is 305 g/mol. The predicted molar refractivity (Wildman–Crippen MR) is 82.8 cm³/mol. The first-order valence-corrected chi connectivity index (χ1v) is 7.90. The molecule has 0 radical (unpaired) electrons. The van der Waals surface area contributed by atoms with Gasteiger partial charge in [-0.3, -0.25) is 9.48 Å². The molecule has 0 spiro atoms. The first-order valence-electron chi connectivity index (χ1n) is 7.09. The number of amides is 1. The monoisotopic (exact) mass is 305 g/mol. The van der Waals surface area contributed by atoms with Gasteiger partial charge in [0.1, 0.15) is 0 Å². The molecule has 3 rings (SSSR count). The molecular weight excluding hydrogens is 286 g/mol. The molecule has 112 valence electrons. The first-order chi connectivity index (χ1) is 10.1. The summed E-state index contributed by atoms with van der Waals surface area (Å²) in [6.45, 7) is 3.89. The summed E-state index contributed by atoms with van der Waals surface area (Å²) >= 11 is 1.70. The highest BCUT2D eigenvalue weighted by Gasteiger charge is 2.23. The number of carbonyl (C=O) groups excluding carboxylic acids is 1. The van der Waals surface area contributed by atoms with Crippen LogP contribution in [0.4, 0.5) is 5.13 Å². The second-order valence-corrected chi connectivity index (χ2v) is 6.63. The van der Waals surface area contributed by atoms with E-state index in [1.807, 2.05) is 13.2 Å². The largest absolute Gasteiger partial charge is 0.347 e. The number of hydrogen-bond donors (Lipinski definition) is 1. The van der Waals surface area contributed by atoms with Gasteiger partial charge in [0.05, 0.1) is 11.8 Å². The lowest BCUT2D eigenvalue weighted by Crippen LogP contribution is -2.47. The number of nitrogens with one attached hydrogen (secondary N) is 1. The van der Waals surface area contributed by atoms with Crippen molar-refractivity contribution in [3.8, 4) is 0 Å². The van der Waals surface area contributed by atoms with E-state index in [2.05, 4.69) is 27.2 Å². The molecule has 0 bridgehead atoms. The van der Waals surface area contributed by atoms with Crippen molar-refractivity contribution in [1.29, 1.82) is 0 Å². The molecule has 1 fully saturated rings. The summed E-state index contributed by atoms with van der Waals surface area (Å²) in [6.07, 6.45) is 7.31. The van der Waals surface area contributed by atoms with Crippen LogP contribution >= 0.6 is 11.3 Å². The number of thiazole rings is 1. The Labute approximate surface area is 127 Å². The van der Waals surface area contributed by atoms with E-state index in [9.17, 15) is 4.79 Å².